The van der Waals surface area contributed by atoms with Crippen LogP contribution in [0.1, 0.15) is 17.0 Å². The third-order valence-electron chi connectivity index (χ3n) is 3.71. The number of anilines is 1. The Balaban J connectivity index is 1.59. The van der Waals surface area contributed by atoms with Gasteiger partial charge in [-0.1, -0.05) is 0 Å². The number of hydrogen-bond acceptors (Lipinski definition) is 8. The van der Waals surface area contributed by atoms with Crippen LogP contribution in [0.15, 0.2) is 30.3 Å². The molecule has 0 amide bonds. The van der Waals surface area contributed by atoms with Crippen LogP contribution >= 0.6 is 11.3 Å². The van der Waals surface area contributed by atoms with Gasteiger partial charge >= 0.3 is 0 Å². The monoisotopic (exact) mass is 338 g/mol. The first-order chi connectivity index (χ1) is 11.7. The lowest BCUT2D eigenvalue weighted by Crippen LogP contribution is -2.07. The van der Waals surface area contributed by atoms with Crippen LogP contribution in [-0.4, -0.2) is 34.8 Å². The molecule has 4 rings (SSSR count). The van der Waals surface area contributed by atoms with Gasteiger partial charge in [0.1, 0.15) is 17.0 Å². The molecular weight excluding hydrogens is 324 g/mol. The van der Waals surface area contributed by atoms with Crippen molar-refractivity contribution in [3.8, 4) is 10.7 Å². The van der Waals surface area contributed by atoms with Gasteiger partial charge in [0.15, 0.2) is 0 Å². The molecule has 0 aromatic carbocycles. The maximum atomic E-state index is 4.61. The zero-order valence-corrected chi connectivity index (χ0v) is 13.9. The molecule has 24 heavy (non-hydrogen) atoms. The Hall–Kier alpha value is -2.94. The van der Waals surface area contributed by atoms with Crippen molar-refractivity contribution < 1.29 is 0 Å². The third-order valence-corrected chi connectivity index (χ3v) is 4.62. The summed E-state index contributed by atoms with van der Waals surface area (Å²) in [6, 6.07) is 0. The molecule has 0 saturated heterocycles. The van der Waals surface area contributed by atoms with Gasteiger partial charge in [0, 0.05) is 17.8 Å². The van der Waals surface area contributed by atoms with Crippen molar-refractivity contribution in [3.05, 3.63) is 47.2 Å². The molecule has 4 heterocycles. The van der Waals surface area contributed by atoms with Crippen LogP contribution in [0.2, 0.25) is 0 Å². The first-order valence-corrected chi connectivity index (χ1v) is 8.22. The van der Waals surface area contributed by atoms with E-state index in [9.17, 15) is 0 Å². The number of fused-ring (bicyclic) bond motifs is 1. The SMILES string of the molecule is Cc1nn2cnnc2c(NCc2csc(-c3cnccn3)n2)c1C. The average molecular weight is 338 g/mol. The van der Waals surface area contributed by atoms with E-state index in [1.165, 1.54) is 0 Å². The Bertz CT molecular complexity index is 991. The molecule has 0 saturated carbocycles. The van der Waals surface area contributed by atoms with Crippen molar-refractivity contribution in [2.75, 3.05) is 5.32 Å². The van der Waals surface area contributed by atoms with E-state index in [-0.39, 0.29) is 0 Å². The summed E-state index contributed by atoms with van der Waals surface area (Å²) >= 11 is 1.55. The minimum atomic E-state index is 0.587. The second-order valence-electron chi connectivity index (χ2n) is 5.27. The molecule has 0 atom stereocenters. The van der Waals surface area contributed by atoms with E-state index in [4.69, 9.17) is 0 Å². The van der Waals surface area contributed by atoms with E-state index >= 15 is 0 Å². The Morgan fingerprint density at radius 3 is 3.00 bits per heavy atom. The van der Waals surface area contributed by atoms with Crippen LogP contribution in [0.3, 0.4) is 0 Å². The molecule has 0 aliphatic carbocycles. The van der Waals surface area contributed by atoms with Crippen molar-refractivity contribution in [1.29, 1.82) is 0 Å². The summed E-state index contributed by atoms with van der Waals surface area (Å²) in [5.41, 5.74) is 5.34. The van der Waals surface area contributed by atoms with Crippen molar-refractivity contribution >= 4 is 22.7 Å². The molecule has 1 N–H and O–H groups in total. The van der Waals surface area contributed by atoms with Gasteiger partial charge in [0.25, 0.3) is 0 Å². The van der Waals surface area contributed by atoms with Crippen molar-refractivity contribution in [2.45, 2.75) is 20.4 Å². The smallest absolute Gasteiger partial charge is 0.200 e. The molecule has 0 spiro atoms. The average Bonchev–Trinajstić information content (AvgIpc) is 3.25. The molecule has 0 unspecified atom stereocenters. The molecule has 0 bridgehead atoms. The van der Waals surface area contributed by atoms with Crippen LogP contribution in [0.25, 0.3) is 16.3 Å². The van der Waals surface area contributed by atoms with E-state index in [0.717, 1.165) is 33.3 Å². The number of nitrogens with zero attached hydrogens (tertiary/aromatic N) is 7. The first-order valence-electron chi connectivity index (χ1n) is 7.34. The largest absolute Gasteiger partial charge is 0.376 e. The Morgan fingerprint density at radius 1 is 1.25 bits per heavy atom. The minimum Gasteiger partial charge on any atom is -0.376 e. The van der Waals surface area contributed by atoms with Gasteiger partial charge in [0.05, 0.1) is 29.8 Å². The van der Waals surface area contributed by atoms with Crippen LogP contribution in [-0.2, 0) is 6.54 Å². The number of rotatable bonds is 4. The summed E-state index contributed by atoms with van der Waals surface area (Å²) in [6.07, 6.45) is 6.63. The highest BCUT2D eigenvalue weighted by Gasteiger charge is 2.12. The van der Waals surface area contributed by atoms with Gasteiger partial charge in [-0.3, -0.25) is 9.97 Å². The van der Waals surface area contributed by atoms with Gasteiger partial charge in [-0.25, -0.2) is 4.98 Å². The zero-order chi connectivity index (χ0) is 16.5. The quantitative estimate of drug-likeness (QED) is 0.610. The van der Waals surface area contributed by atoms with Crippen LogP contribution < -0.4 is 5.32 Å². The molecule has 0 fully saturated rings. The fraction of sp³-hybridized carbons (Fsp3) is 0.200. The molecule has 0 aliphatic heterocycles. The lowest BCUT2D eigenvalue weighted by atomic mass is 10.2. The second-order valence-corrected chi connectivity index (χ2v) is 6.13. The standard InChI is InChI=1S/C15H14N8S/c1-9-10(2)22-23-8-19-21-14(23)13(9)18-5-11-7-24-15(20-11)12-6-16-3-4-17-12/h3-4,6-8,18H,5H2,1-2H3. The number of nitrogens with one attached hydrogen (secondary N) is 1. The van der Waals surface area contributed by atoms with Crippen molar-refractivity contribution in [2.24, 2.45) is 0 Å². The predicted molar refractivity (Wildman–Crippen MR) is 90.7 cm³/mol. The predicted octanol–water partition coefficient (Wildman–Crippen LogP) is 2.27. The van der Waals surface area contributed by atoms with Crippen LogP contribution in [0, 0.1) is 13.8 Å². The number of hydrogen-bond donors (Lipinski definition) is 1. The molecule has 9 heteroatoms. The van der Waals surface area contributed by atoms with E-state index in [1.54, 1.807) is 40.8 Å². The van der Waals surface area contributed by atoms with Gasteiger partial charge < -0.3 is 5.32 Å². The summed E-state index contributed by atoms with van der Waals surface area (Å²) in [4.78, 5) is 13.0. The summed E-state index contributed by atoms with van der Waals surface area (Å²) in [6.45, 7) is 4.57. The lowest BCUT2D eigenvalue weighted by molar-refractivity contribution is 0.881. The first kappa shape index (κ1) is 14.6. The number of aryl methyl sites for hydroxylation is 1. The number of thiazole rings is 1. The van der Waals surface area contributed by atoms with Gasteiger partial charge in [-0.05, 0) is 19.4 Å². The lowest BCUT2D eigenvalue weighted by Gasteiger charge is -2.10. The molecular formula is C15H14N8S. The minimum absolute atomic E-state index is 0.587. The van der Waals surface area contributed by atoms with E-state index in [1.807, 2.05) is 19.2 Å². The molecule has 8 nitrogen and oxygen atoms in total. The van der Waals surface area contributed by atoms with Gasteiger partial charge in [-0.2, -0.15) is 9.61 Å². The summed E-state index contributed by atoms with van der Waals surface area (Å²) in [7, 11) is 0. The van der Waals surface area contributed by atoms with Crippen molar-refractivity contribution in [3.63, 3.8) is 0 Å². The fourth-order valence-corrected chi connectivity index (χ4v) is 3.14. The topological polar surface area (TPSA) is 93.8 Å². The Morgan fingerprint density at radius 2 is 2.17 bits per heavy atom. The van der Waals surface area contributed by atoms with E-state index in [2.05, 4.69) is 35.6 Å². The summed E-state index contributed by atoms with van der Waals surface area (Å²) in [5.74, 6) is 0. The number of aromatic nitrogens is 7. The van der Waals surface area contributed by atoms with Gasteiger partial charge in [-0.15, -0.1) is 21.5 Å². The van der Waals surface area contributed by atoms with Gasteiger partial charge in [0.2, 0.25) is 5.65 Å². The third kappa shape index (κ3) is 2.58. The van der Waals surface area contributed by atoms with E-state index < -0.39 is 0 Å². The maximum Gasteiger partial charge on any atom is 0.200 e. The highest BCUT2D eigenvalue weighted by molar-refractivity contribution is 7.13. The molecule has 4 aromatic rings. The highest BCUT2D eigenvalue weighted by atomic mass is 32.1. The normalized spacial score (nSPS) is 11.1. The highest BCUT2D eigenvalue weighted by Crippen LogP contribution is 2.24. The van der Waals surface area contributed by atoms with Crippen LogP contribution in [0.5, 0.6) is 0 Å². The molecule has 0 aliphatic rings. The zero-order valence-electron chi connectivity index (χ0n) is 13.1. The molecule has 120 valence electrons. The Labute approximate surface area is 141 Å². The summed E-state index contributed by atoms with van der Waals surface area (Å²) < 4.78 is 1.68. The summed E-state index contributed by atoms with van der Waals surface area (Å²) in [5, 5.41) is 18.8. The maximum absolute atomic E-state index is 4.61. The van der Waals surface area contributed by atoms with E-state index in [0.29, 0.717) is 12.2 Å². The molecule has 0 radical (unpaired) electrons. The van der Waals surface area contributed by atoms with Crippen molar-refractivity contribution in [1.82, 2.24) is 34.8 Å². The fourth-order valence-electron chi connectivity index (χ4n) is 2.36. The molecule has 4 aromatic heterocycles. The second kappa shape index (κ2) is 5.93. The Kier molecular flexibility index (Phi) is 3.62. The van der Waals surface area contributed by atoms with Crippen LogP contribution in [0.4, 0.5) is 5.69 Å².